The summed E-state index contributed by atoms with van der Waals surface area (Å²) >= 11 is 7.52. The molecule has 1 aromatic heterocycles. The van der Waals surface area contributed by atoms with E-state index in [1.54, 1.807) is 30.4 Å². The molecule has 7 heteroatoms. The maximum atomic E-state index is 12.5. The van der Waals surface area contributed by atoms with Crippen molar-refractivity contribution in [3.63, 3.8) is 0 Å². The van der Waals surface area contributed by atoms with Gasteiger partial charge in [-0.1, -0.05) is 17.7 Å². The Morgan fingerprint density at radius 2 is 2.05 bits per heavy atom. The molecule has 22 heavy (non-hydrogen) atoms. The first kappa shape index (κ1) is 17.4. The second kappa shape index (κ2) is 7.10. The number of sulfonamides is 1. The third kappa shape index (κ3) is 4.08. The quantitative estimate of drug-likeness (QED) is 0.862. The fourth-order valence-electron chi connectivity index (χ4n) is 2.19. The lowest BCUT2D eigenvalue weighted by Crippen LogP contribution is -2.34. The van der Waals surface area contributed by atoms with Gasteiger partial charge in [0, 0.05) is 17.6 Å². The number of halogens is 1. The summed E-state index contributed by atoms with van der Waals surface area (Å²) in [6, 6.07) is 6.87. The Morgan fingerprint density at radius 1 is 1.32 bits per heavy atom. The van der Waals surface area contributed by atoms with Crippen molar-refractivity contribution in [2.45, 2.75) is 17.9 Å². The maximum absolute atomic E-state index is 12.5. The van der Waals surface area contributed by atoms with Gasteiger partial charge in [0.2, 0.25) is 10.0 Å². The highest BCUT2D eigenvalue weighted by atomic mass is 35.5. The molecule has 1 atom stereocenters. The molecule has 2 rings (SSSR count). The highest BCUT2D eigenvalue weighted by Crippen LogP contribution is 2.23. The van der Waals surface area contributed by atoms with Gasteiger partial charge in [-0.2, -0.15) is 11.3 Å². The monoisotopic (exact) mass is 358 g/mol. The molecule has 120 valence electrons. The van der Waals surface area contributed by atoms with Crippen molar-refractivity contribution in [3.05, 3.63) is 51.2 Å². The van der Waals surface area contributed by atoms with Crippen LogP contribution in [-0.2, 0) is 10.0 Å². The average molecular weight is 359 g/mol. The molecule has 0 saturated carbocycles. The third-order valence-corrected chi connectivity index (χ3v) is 5.96. The van der Waals surface area contributed by atoms with E-state index in [0.717, 1.165) is 5.56 Å². The summed E-state index contributed by atoms with van der Waals surface area (Å²) in [5.41, 5.74) is 1.77. The minimum absolute atomic E-state index is 0.0134. The van der Waals surface area contributed by atoms with Crippen LogP contribution in [0.25, 0.3) is 0 Å². The molecule has 0 fully saturated rings. The molecule has 0 spiro atoms. The smallest absolute Gasteiger partial charge is 0.240 e. The van der Waals surface area contributed by atoms with Crippen LogP contribution in [-0.4, -0.2) is 34.0 Å². The van der Waals surface area contributed by atoms with Crippen LogP contribution in [0.4, 0.5) is 0 Å². The number of aryl methyl sites for hydroxylation is 1. The molecular weight excluding hydrogens is 340 g/mol. The molecule has 1 N–H and O–H groups in total. The first-order chi connectivity index (χ1) is 10.3. The van der Waals surface area contributed by atoms with Gasteiger partial charge >= 0.3 is 0 Å². The van der Waals surface area contributed by atoms with Crippen molar-refractivity contribution in [1.29, 1.82) is 0 Å². The van der Waals surface area contributed by atoms with Gasteiger partial charge in [-0.15, -0.1) is 0 Å². The Hall–Kier alpha value is -0.920. The summed E-state index contributed by atoms with van der Waals surface area (Å²) in [5.74, 6) is 0. The summed E-state index contributed by atoms with van der Waals surface area (Å²) in [4.78, 5) is 2.22. The van der Waals surface area contributed by atoms with Crippen molar-refractivity contribution in [1.82, 2.24) is 9.62 Å². The Labute approximate surface area is 140 Å². The second-order valence-electron chi connectivity index (χ2n) is 5.30. The van der Waals surface area contributed by atoms with Crippen LogP contribution < -0.4 is 4.72 Å². The van der Waals surface area contributed by atoms with Crippen LogP contribution in [0.5, 0.6) is 0 Å². The molecule has 0 amide bonds. The minimum atomic E-state index is -3.59. The Morgan fingerprint density at radius 3 is 2.64 bits per heavy atom. The summed E-state index contributed by atoms with van der Waals surface area (Å²) in [6.45, 7) is 2.06. The lowest BCUT2D eigenvalue weighted by atomic mass is 10.1. The molecule has 0 radical (unpaired) electrons. The number of hydrogen-bond acceptors (Lipinski definition) is 4. The highest BCUT2D eigenvalue weighted by Gasteiger charge is 2.21. The molecule has 0 saturated heterocycles. The Kier molecular flexibility index (Phi) is 5.63. The maximum Gasteiger partial charge on any atom is 0.240 e. The highest BCUT2D eigenvalue weighted by molar-refractivity contribution is 7.89. The summed E-state index contributed by atoms with van der Waals surface area (Å²) in [5, 5.41) is 4.43. The molecule has 1 unspecified atom stereocenters. The normalized spacial score (nSPS) is 13.5. The molecule has 2 aromatic rings. The molecule has 0 aliphatic rings. The molecule has 4 nitrogen and oxygen atoms in total. The van der Waals surface area contributed by atoms with Crippen molar-refractivity contribution < 1.29 is 8.42 Å². The molecule has 1 aromatic carbocycles. The van der Waals surface area contributed by atoms with Gasteiger partial charge in [-0.25, -0.2) is 13.1 Å². The number of nitrogens with zero attached hydrogens (tertiary/aromatic N) is 1. The standard InChI is InChI=1S/C15H19ClN2O2S2/c1-11-4-5-13(16)8-15(11)22(19,20)17-9-14(18(2)3)12-6-7-21-10-12/h4-8,10,14,17H,9H2,1-3H3. The van der Waals surface area contributed by atoms with Crippen molar-refractivity contribution in [2.24, 2.45) is 0 Å². The third-order valence-electron chi connectivity index (χ3n) is 3.46. The summed E-state index contributed by atoms with van der Waals surface area (Å²) in [7, 11) is 0.273. The van der Waals surface area contributed by atoms with Gasteiger partial charge in [0.1, 0.15) is 0 Å². The van der Waals surface area contributed by atoms with Crippen molar-refractivity contribution in [2.75, 3.05) is 20.6 Å². The zero-order valence-corrected chi connectivity index (χ0v) is 15.1. The van der Waals surface area contributed by atoms with Gasteiger partial charge in [0.25, 0.3) is 0 Å². The first-order valence-corrected chi connectivity index (χ1v) is 9.56. The second-order valence-corrected chi connectivity index (χ2v) is 8.25. The Bertz CT molecular complexity index is 728. The first-order valence-electron chi connectivity index (χ1n) is 6.75. The number of likely N-dealkylation sites (N-methyl/N-ethyl adjacent to an activating group) is 1. The molecular formula is C15H19ClN2O2S2. The van der Waals surface area contributed by atoms with Crippen molar-refractivity contribution in [3.8, 4) is 0 Å². The number of benzene rings is 1. The van der Waals surface area contributed by atoms with E-state index in [1.165, 1.54) is 6.07 Å². The summed E-state index contributed by atoms with van der Waals surface area (Å²) < 4.78 is 27.7. The van der Waals surface area contributed by atoms with Gasteiger partial charge < -0.3 is 4.90 Å². The zero-order chi connectivity index (χ0) is 16.3. The predicted octanol–water partition coefficient (Wildman–Crippen LogP) is 3.29. The number of thiophene rings is 1. The molecule has 0 bridgehead atoms. The van der Waals surface area contributed by atoms with Gasteiger partial charge in [0.05, 0.1) is 4.90 Å². The van der Waals surface area contributed by atoms with Crippen molar-refractivity contribution >= 4 is 33.0 Å². The van der Waals surface area contributed by atoms with E-state index in [2.05, 4.69) is 4.72 Å². The lowest BCUT2D eigenvalue weighted by molar-refractivity contribution is 0.300. The minimum Gasteiger partial charge on any atom is -0.301 e. The SMILES string of the molecule is Cc1ccc(Cl)cc1S(=O)(=O)NCC(c1ccsc1)N(C)C. The van der Waals surface area contributed by atoms with E-state index < -0.39 is 10.0 Å². The zero-order valence-electron chi connectivity index (χ0n) is 12.7. The van der Waals surface area contributed by atoms with E-state index in [0.29, 0.717) is 17.1 Å². The van der Waals surface area contributed by atoms with Crippen LogP contribution in [0, 0.1) is 6.92 Å². The van der Waals surface area contributed by atoms with Crippen LogP contribution in [0.1, 0.15) is 17.2 Å². The predicted molar refractivity (Wildman–Crippen MR) is 92.1 cm³/mol. The lowest BCUT2D eigenvalue weighted by Gasteiger charge is -2.24. The van der Waals surface area contributed by atoms with Gasteiger partial charge in [0.15, 0.2) is 0 Å². The van der Waals surface area contributed by atoms with Crippen LogP contribution in [0.2, 0.25) is 5.02 Å². The summed E-state index contributed by atoms with van der Waals surface area (Å²) in [6.07, 6.45) is 0. The average Bonchev–Trinajstić information content (AvgIpc) is 2.95. The van der Waals surface area contributed by atoms with E-state index in [1.807, 2.05) is 35.8 Å². The van der Waals surface area contributed by atoms with E-state index in [-0.39, 0.29) is 10.9 Å². The number of nitrogens with one attached hydrogen (secondary N) is 1. The van der Waals surface area contributed by atoms with Gasteiger partial charge in [-0.3, -0.25) is 0 Å². The fraction of sp³-hybridized carbons (Fsp3) is 0.333. The Balaban J connectivity index is 2.20. The van der Waals surface area contributed by atoms with Crippen LogP contribution in [0.15, 0.2) is 39.9 Å². The number of rotatable bonds is 6. The van der Waals surface area contributed by atoms with Crippen LogP contribution in [0.3, 0.4) is 0 Å². The molecule has 0 aliphatic carbocycles. The molecule has 1 heterocycles. The number of hydrogen-bond donors (Lipinski definition) is 1. The topological polar surface area (TPSA) is 49.4 Å². The van der Waals surface area contributed by atoms with Gasteiger partial charge in [-0.05, 0) is 61.1 Å². The van der Waals surface area contributed by atoms with E-state index in [9.17, 15) is 8.42 Å². The molecule has 0 aliphatic heterocycles. The largest absolute Gasteiger partial charge is 0.301 e. The van der Waals surface area contributed by atoms with E-state index >= 15 is 0 Å². The fourth-order valence-corrected chi connectivity index (χ4v) is 4.44. The van der Waals surface area contributed by atoms with Crippen LogP contribution >= 0.6 is 22.9 Å². The van der Waals surface area contributed by atoms with E-state index in [4.69, 9.17) is 11.6 Å².